The molecule has 7 heteroatoms. The lowest BCUT2D eigenvalue weighted by atomic mass is 9.73. The second-order valence-electron chi connectivity index (χ2n) is 7.19. The molecule has 2 aliphatic rings. The van der Waals surface area contributed by atoms with Gasteiger partial charge in [0.2, 0.25) is 10.0 Å². The molecule has 0 saturated carbocycles. The number of piperidine rings is 1. The van der Waals surface area contributed by atoms with Gasteiger partial charge in [-0.05, 0) is 31.1 Å². The van der Waals surface area contributed by atoms with Crippen LogP contribution in [-0.2, 0) is 23.0 Å². The maximum atomic E-state index is 11.7. The van der Waals surface area contributed by atoms with Crippen LogP contribution >= 0.6 is 0 Å². The fourth-order valence-corrected chi connectivity index (χ4v) is 4.69. The zero-order chi connectivity index (χ0) is 16.0. The van der Waals surface area contributed by atoms with E-state index in [4.69, 9.17) is 0 Å². The van der Waals surface area contributed by atoms with Gasteiger partial charge in [-0.15, -0.1) is 10.2 Å². The van der Waals surface area contributed by atoms with Crippen molar-refractivity contribution in [2.24, 2.45) is 5.41 Å². The van der Waals surface area contributed by atoms with Crippen LogP contribution < -0.4 is 0 Å². The lowest BCUT2D eigenvalue weighted by Crippen LogP contribution is -2.42. The number of fused-ring (bicyclic) bond motifs is 1. The second-order valence-corrected chi connectivity index (χ2v) is 9.18. The summed E-state index contributed by atoms with van der Waals surface area (Å²) < 4.78 is 27.3. The smallest absolute Gasteiger partial charge is 0.211 e. The van der Waals surface area contributed by atoms with E-state index in [1.165, 1.54) is 6.26 Å². The minimum atomic E-state index is -3.05. The summed E-state index contributed by atoms with van der Waals surface area (Å²) in [4.78, 5) is 0. The molecule has 3 heterocycles. The number of hydrogen-bond acceptors (Lipinski definition) is 4. The molecule has 3 rings (SSSR count). The van der Waals surface area contributed by atoms with Crippen LogP contribution in [0.4, 0.5) is 0 Å². The lowest BCUT2D eigenvalue weighted by Gasteiger charge is -2.40. The number of rotatable bonds is 2. The fraction of sp³-hybridized carbons (Fsp3) is 0.867. The molecule has 0 aliphatic carbocycles. The topological polar surface area (TPSA) is 68.1 Å². The third kappa shape index (κ3) is 2.93. The zero-order valence-corrected chi connectivity index (χ0v) is 14.6. The van der Waals surface area contributed by atoms with Crippen LogP contribution in [0.1, 0.15) is 57.1 Å². The van der Waals surface area contributed by atoms with Gasteiger partial charge in [-0.3, -0.25) is 0 Å². The summed E-state index contributed by atoms with van der Waals surface area (Å²) in [5.41, 5.74) is 0.274. The van der Waals surface area contributed by atoms with Crippen molar-refractivity contribution >= 4 is 10.0 Å². The fourth-order valence-electron chi connectivity index (χ4n) is 3.85. The Morgan fingerprint density at radius 1 is 1.05 bits per heavy atom. The Labute approximate surface area is 133 Å². The van der Waals surface area contributed by atoms with Crippen LogP contribution in [0.2, 0.25) is 0 Å². The molecule has 0 aromatic carbocycles. The van der Waals surface area contributed by atoms with Crippen LogP contribution in [0, 0.1) is 5.41 Å². The minimum Gasteiger partial charge on any atom is -0.315 e. The normalized spacial score (nSPS) is 22.7. The molecular formula is C15H26N4O2S. The van der Waals surface area contributed by atoms with Gasteiger partial charge in [0.25, 0.3) is 0 Å². The molecule has 0 amide bonds. The summed E-state index contributed by atoms with van der Waals surface area (Å²) in [5.74, 6) is 2.58. The molecule has 0 bridgehead atoms. The lowest BCUT2D eigenvalue weighted by molar-refractivity contribution is 0.129. The van der Waals surface area contributed by atoms with E-state index in [2.05, 4.69) is 28.6 Å². The Kier molecular flexibility index (Phi) is 4.05. The molecule has 1 saturated heterocycles. The van der Waals surface area contributed by atoms with Gasteiger partial charge in [0.1, 0.15) is 11.6 Å². The third-order valence-corrected chi connectivity index (χ3v) is 6.67. The predicted molar refractivity (Wildman–Crippen MR) is 85.1 cm³/mol. The van der Waals surface area contributed by atoms with E-state index in [1.807, 2.05) is 0 Å². The SMILES string of the molecule is CC(C)c1nnc2n1CCC1(CC2)CCN(S(C)(=O)=O)CC1. The average Bonchev–Trinajstić information content (AvgIpc) is 2.78. The van der Waals surface area contributed by atoms with Crippen molar-refractivity contribution in [1.82, 2.24) is 19.1 Å². The van der Waals surface area contributed by atoms with E-state index < -0.39 is 10.0 Å². The molecule has 0 N–H and O–H groups in total. The summed E-state index contributed by atoms with van der Waals surface area (Å²) in [5, 5.41) is 8.72. The van der Waals surface area contributed by atoms with Crippen molar-refractivity contribution in [3.63, 3.8) is 0 Å². The standard InChI is InChI=1S/C15H26N4O2S/c1-12(2)14-17-16-13-4-5-15(8-11-19(13)14)6-9-18(10-7-15)22(3,20)21/h12H,4-11H2,1-3H3. The van der Waals surface area contributed by atoms with Gasteiger partial charge in [-0.1, -0.05) is 13.8 Å². The highest BCUT2D eigenvalue weighted by molar-refractivity contribution is 7.88. The van der Waals surface area contributed by atoms with E-state index in [0.717, 1.165) is 50.3 Å². The van der Waals surface area contributed by atoms with Crippen LogP contribution in [-0.4, -0.2) is 46.8 Å². The van der Waals surface area contributed by atoms with Gasteiger partial charge in [0, 0.05) is 32.0 Å². The van der Waals surface area contributed by atoms with Gasteiger partial charge in [0.05, 0.1) is 6.26 Å². The summed E-state index contributed by atoms with van der Waals surface area (Å²) in [6.07, 6.45) is 6.41. The Balaban J connectivity index is 1.73. The van der Waals surface area contributed by atoms with Gasteiger partial charge in [-0.25, -0.2) is 12.7 Å². The molecule has 0 radical (unpaired) electrons. The highest BCUT2D eigenvalue weighted by Gasteiger charge is 2.38. The summed E-state index contributed by atoms with van der Waals surface area (Å²) >= 11 is 0. The van der Waals surface area contributed by atoms with E-state index in [1.54, 1.807) is 4.31 Å². The van der Waals surface area contributed by atoms with E-state index in [-0.39, 0.29) is 5.41 Å². The van der Waals surface area contributed by atoms with Crippen molar-refractivity contribution in [3.05, 3.63) is 11.6 Å². The van der Waals surface area contributed by atoms with Gasteiger partial charge in [-0.2, -0.15) is 0 Å². The Hall–Kier alpha value is -0.950. The highest BCUT2D eigenvalue weighted by Crippen LogP contribution is 2.42. The van der Waals surface area contributed by atoms with Crippen LogP contribution in [0.15, 0.2) is 0 Å². The molecule has 22 heavy (non-hydrogen) atoms. The monoisotopic (exact) mass is 326 g/mol. The van der Waals surface area contributed by atoms with Crippen molar-refractivity contribution in [2.75, 3.05) is 19.3 Å². The van der Waals surface area contributed by atoms with E-state index in [0.29, 0.717) is 19.0 Å². The predicted octanol–water partition coefficient (Wildman–Crippen LogP) is 1.78. The zero-order valence-electron chi connectivity index (χ0n) is 13.7. The Morgan fingerprint density at radius 3 is 2.27 bits per heavy atom. The molecule has 1 fully saturated rings. The van der Waals surface area contributed by atoms with Crippen LogP contribution in [0.25, 0.3) is 0 Å². The summed E-state index contributed by atoms with van der Waals surface area (Å²) in [6.45, 7) is 6.60. The molecule has 1 aromatic heterocycles. The first-order chi connectivity index (χ1) is 10.3. The minimum absolute atomic E-state index is 0.274. The van der Waals surface area contributed by atoms with Gasteiger partial charge >= 0.3 is 0 Å². The molecule has 2 aliphatic heterocycles. The van der Waals surface area contributed by atoms with Crippen LogP contribution in [0.3, 0.4) is 0 Å². The van der Waals surface area contributed by atoms with Crippen molar-refractivity contribution in [1.29, 1.82) is 0 Å². The van der Waals surface area contributed by atoms with E-state index in [9.17, 15) is 8.42 Å². The molecule has 1 aromatic rings. The van der Waals surface area contributed by atoms with Crippen molar-refractivity contribution in [2.45, 2.75) is 58.4 Å². The molecule has 0 atom stereocenters. The third-order valence-electron chi connectivity index (χ3n) is 5.37. The maximum Gasteiger partial charge on any atom is 0.211 e. The number of nitrogens with zero attached hydrogens (tertiary/aromatic N) is 4. The highest BCUT2D eigenvalue weighted by atomic mass is 32.2. The number of sulfonamides is 1. The quantitative estimate of drug-likeness (QED) is 0.831. The Morgan fingerprint density at radius 2 is 1.68 bits per heavy atom. The number of aromatic nitrogens is 3. The number of hydrogen-bond donors (Lipinski definition) is 0. The van der Waals surface area contributed by atoms with Crippen molar-refractivity contribution in [3.8, 4) is 0 Å². The van der Waals surface area contributed by atoms with E-state index >= 15 is 0 Å². The molecule has 0 unspecified atom stereocenters. The largest absolute Gasteiger partial charge is 0.315 e. The number of aryl methyl sites for hydroxylation is 1. The van der Waals surface area contributed by atoms with Gasteiger partial charge in [0.15, 0.2) is 0 Å². The Bertz CT molecular complexity index is 642. The maximum absolute atomic E-state index is 11.7. The molecule has 6 nitrogen and oxygen atoms in total. The summed E-state index contributed by atoms with van der Waals surface area (Å²) in [7, 11) is -3.05. The molecule has 1 spiro atoms. The molecular weight excluding hydrogens is 300 g/mol. The second kappa shape index (κ2) is 5.60. The van der Waals surface area contributed by atoms with Crippen LogP contribution in [0.5, 0.6) is 0 Å². The first-order valence-electron chi connectivity index (χ1n) is 8.18. The molecule has 124 valence electrons. The first kappa shape index (κ1) is 15.9. The summed E-state index contributed by atoms with van der Waals surface area (Å²) in [6, 6.07) is 0. The van der Waals surface area contributed by atoms with Crippen molar-refractivity contribution < 1.29 is 8.42 Å². The average molecular weight is 326 g/mol. The van der Waals surface area contributed by atoms with Gasteiger partial charge < -0.3 is 4.57 Å². The first-order valence-corrected chi connectivity index (χ1v) is 10.0.